The minimum absolute atomic E-state index is 0.00174. The summed E-state index contributed by atoms with van der Waals surface area (Å²) < 4.78 is 35.7. The van der Waals surface area contributed by atoms with Gasteiger partial charge in [0.15, 0.2) is 11.5 Å². The van der Waals surface area contributed by atoms with Gasteiger partial charge in [-0.15, -0.1) is 0 Å². The van der Waals surface area contributed by atoms with Gasteiger partial charge in [-0.1, -0.05) is 36.4 Å². The van der Waals surface area contributed by atoms with Gasteiger partial charge < -0.3 is 43.1 Å². The topological polar surface area (TPSA) is 99.2 Å². The third-order valence-corrected chi connectivity index (χ3v) is 13.5. The lowest BCUT2D eigenvalue weighted by atomic mass is 9.98. The number of thiol groups is 1. The molecule has 0 unspecified atom stereocenters. The Morgan fingerprint density at radius 1 is 0.642 bits per heavy atom. The van der Waals surface area contributed by atoms with Gasteiger partial charge in [-0.25, -0.2) is 0 Å². The molecule has 4 aliphatic heterocycles. The Bertz CT molecular complexity index is 2610. The summed E-state index contributed by atoms with van der Waals surface area (Å²) in [7, 11) is 3.28. The van der Waals surface area contributed by atoms with Gasteiger partial charge in [0.25, 0.3) is 11.8 Å². The van der Waals surface area contributed by atoms with Crippen LogP contribution in [-0.2, 0) is 53.1 Å². The number of amides is 2. The number of carbonyl (C=O) groups excluding carboxylic acids is 2. The Kier molecular flexibility index (Phi) is 14.2. The predicted octanol–water partition coefficient (Wildman–Crippen LogP) is 9.39. The maximum absolute atomic E-state index is 14.2. The molecular weight excluding hydrogens is 863 g/mol. The first kappa shape index (κ1) is 46.6. The summed E-state index contributed by atoms with van der Waals surface area (Å²) in [6.07, 6.45) is 5.04. The summed E-state index contributed by atoms with van der Waals surface area (Å²) in [5.74, 6) is 1.93. The number of rotatable bonds is 19. The van der Waals surface area contributed by atoms with E-state index in [1.807, 2.05) is 59.2 Å². The van der Waals surface area contributed by atoms with Crippen LogP contribution in [0.2, 0.25) is 0 Å². The van der Waals surface area contributed by atoms with Crippen molar-refractivity contribution in [2.75, 3.05) is 75.0 Å². The number of methoxy groups -OCH3 is 2. The van der Waals surface area contributed by atoms with Crippen molar-refractivity contribution in [1.29, 1.82) is 0 Å². The highest BCUT2D eigenvalue weighted by atomic mass is 32.1. The van der Waals surface area contributed by atoms with Crippen molar-refractivity contribution in [2.24, 2.45) is 0 Å². The molecule has 0 saturated heterocycles. The molecule has 0 aliphatic carbocycles. The molecule has 352 valence electrons. The summed E-state index contributed by atoms with van der Waals surface area (Å²) in [6.45, 7) is 10.6. The van der Waals surface area contributed by atoms with Gasteiger partial charge in [0.1, 0.15) is 19.0 Å². The van der Waals surface area contributed by atoms with Gasteiger partial charge in [-0.3, -0.25) is 9.59 Å². The molecular formula is C55H63N3O8S. The van der Waals surface area contributed by atoms with Gasteiger partial charge >= 0.3 is 0 Å². The predicted molar refractivity (Wildman–Crippen MR) is 266 cm³/mol. The zero-order chi connectivity index (χ0) is 46.7. The summed E-state index contributed by atoms with van der Waals surface area (Å²) in [4.78, 5) is 34.6. The van der Waals surface area contributed by atoms with Crippen LogP contribution in [0, 0.1) is 6.92 Å². The Morgan fingerprint density at radius 3 is 1.76 bits per heavy atom. The number of anilines is 3. The summed E-state index contributed by atoms with van der Waals surface area (Å²) in [5.41, 5.74) is 11.7. The summed E-state index contributed by atoms with van der Waals surface area (Å²) in [5, 5.41) is 0. The second kappa shape index (κ2) is 20.4. The largest absolute Gasteiger partial charge is 0.493 e. The van der Waals surface area contributed by atoms with Gasteiger partial charge in [-0.05, 0) is 153 Å². The van der Waals surface area contributed by atoms with Crippen molar-refractivity contribution < 1.29 is 38.0 Å². The average molecular weight is 926 g/mol. The van der Waals surface area contributed by atoms with Crippen molar-refractivity contribution in [1.82, 2.24) is 0 Å². The van der Waals surface area contributed by atoms with E-state index in [0.717, 1.165) is 94.7 Å². The molecule has 2 amide bonds. The van der Waals surface area contributed by atoms with E-state index in [1.54, 1.807) is 14.2 Å². The highest BCUT2D eigenvalue weighted by Crippen LogP contribution is 2.42. The van der Waals surface area contributed by atoms with Crippen LogP contribution in [0.5, 0.6) is 17.2 Å². The third kappa shape index (κ3) is 10.3. The molecule has 67 heavy (non-hydrogen) atoms. The molecule has 4 heterocycles. The van der Waals surface area contributed by atoms with E-state index in [0.29, 0.717) is 69.8 Å². The molecule has 0 radical (unpaired) electrons. The minimum Gasteiger partial charge on any atom is -0.493 e. The van der Waals surface area contributed by atoms with Crippen LogP contribution in [0.25, 0.3) is 0 Å². The zero-order valence-electron chi connectivity index (χ0n) is 39.5. The van der Waals surface area contributed by atoms with Crippen LogP contribution in [-0.4, -0.2) is 89.0 Å². The van der Waals surface area contributed by atoms with Crippen molar-refractivity contribution >= 4 is 41.5 Å². The SMILES string of the molecule is COCCOCCOCCN(CC(C)(C)S)c1cc(COc2cc3c(cc2C)C(=O)N2c4ccccc4C[C@H]2CC3)cc(COc2cc3c(cc2OC)C(=O)N2c4ccccc4C[C@H]2CC3)c1. The normalized spacial score (nSPS) is 17.2. The van der Waals surface area contributed by atoms with Crippen LogP contribution in [0.15, 0.2) is 91.0 Å². The van der Waals surface area contributed by atoms with Gasteiger partial charge in [0.2, 0.25) is 0 Å². The zero-order valence-corrected chi connectivity index (χ0v) is 40.4. The molecule has 11 nitrogen and oxygen atoms in total. The first-order chi connectivity index (χ1) is 32.5. The Labute approximate surface area is 400 Å². The molecule has 0 aromatic heterocycles. The average Bonchev–Trinajstić information content (AvgIpc) is 3.81. The molecule has 0 fully saturated rings. The standard InChI is InChI=1S/C55H63N3O8S/c1-36-24-46-39(14-16-43-28-41-10-6-8-12-48(41)57(43)53(46)59)30-50(36)65-33-37-25-38(27-45(26-37)56(35-55(2,3)67)18-19-63-22-23-64-21-20-61-4)34-66-52-31-40-15-17-44-29-42-11-7-9-13-49(42)58(44)54(60)47(40)32-51(52)62-5/h6-13,24-27,30-32,43-44,67H,14-23,28-29,33-35H2,1-5H3/t43-,44-/m1/s1. The second-order valence-electron chi connectivity index (χ2n) is 18.9. The number of ether oxygens (including phenoxy) is 6. The van der Waals surface area contributed by atoms with Crippen LogP contribution in [0.3, 0.4) is 0 Å². The fourth-order valence-electron chi connectivity index (χ4n) is 10.2. The Hall–Kier alpha value is -5.53. The van der Waals surface area contributed by atoms with Gasteiger partial charge in [0, 0.05) is 65.2 Å². The molecule has 5 aromatic carbocycles. The summed E-state index contributed by atoms with van der Waals surface area (Å²) in [6, 6.07) is 31.1. The lowest BCUT2D eigenvalue weighted by molar-refractivity contribution is 0.0264. The van der Waals surface area contributed by atoms with E-state index < -0.39 is 0 Å². The second-order valence-corrected chi connectivity index (χ2v) is 20.1. The van der Waals surface area contributed by atoms with Crippen LogP contribution >= 0.6 is 12.6 Å². The van der Waals surface area contributed by atoms with E-state index in [9.17, 15) is 9.59 Å². The quantitative estimate of drug-likeness (QED) is 0.0642. The first-order valence-corrected chi connectivity index (χ1v) is 24.1. The van der Waals surface area contributed by atoms with Crippen LogP contribution < -0.4 is 28.9 Å². The van der Waals surface area contributed by atoms with Crippen molar-refractivity contribution in [3.8, 4) is 17.2 Å². The molecule has 0 bridgehead atoms. The molecule has 0 spiro atoms. The maximum Gasteiger partial charge on any atom is 0.258 e. The highest BCUT2D eigenvalue weighted by molar-refractivity contribution is 7.81. The van der Waals surface area contributed by atoms with Crippen LogP contribution in [0.1, 0.15) is 86.3 Å². The number of nitrogens with zero attached hydrogens (tertiary/aromatic N) is 3. The first-order valence-electron chi connectivity index (χ1n) is 23.7. The minimum atomic E-state index is -0.316. The number of para-hydroxylation sites is 2. The molecule has 0 N–H and O–H groups in total. The van der Waals surface area contributed by atoms with Gasteiger partial charge in [-0.2, -0.15) is 12.6 Å². The fourth-order valence-corrected chi connectivity index (χ4v) is 10.4. The Morgan fingerprint density at radius 2 is 1.18 bits per heavy atom. The Balaban J connectivity index is 0.972. The highest BCUT2D eigenvalue weighted by Gasteiger charge is 2.39. The van der Waals surface area contributed by atoms with E-state index in [4.69, 9.17) is 41.0 Å². The molecule has 5 aromatic rings. The van der Waals surface area contributed by atoms with E-state index in [-0.39, 0.29) is 35.3 Å². The van der Waals surface area contributed by atoms with Gasteiger partial charge in [0.05, 0.1) is 40.1 Å². The maximum atomic E-state index is 14.2. The van der Waals surface area contributed by atoms with Crippen molar-refractivity contribution in [3.05, 3.63) is 141 Å². The lowest BCUT2D eigenvalue weighted by Gasteiger charge is -2.32. The molecule has 9 rings (SSSR count). The van der Waals surface area contributed by atoms with Crippen molar-refractivity contribution in [2.45, 2.75) is 89.3 Å². The third-order valence-electron chi connectivity index (χ3n) is 13.4. The summed E-state index contributed by atoms with van der Waals surface area (Å²) >= 11 is 4.96. The van der Waals surface area contributed by atoms with E-state index >= 15 is 0 Å². The van der Waals surface area contributed by atoms with E-state index in [2.05, 4.69) is 67.3 Å². The molecule has 0 saturated carbocycles. The number of hydrogen-bond donors (Lipinski definition) is 1. The van der Waals surface area contributed by atoms with Crippen molar-refractivity contribution in [3.63, 3.8) is 0 Å². The van der Waals surface area contributed by atoms with E-state index in [1.165, 1.54) is 11.1 Å². The number of benzene rings is 5. The fraction of sp³-hybridized carbons (Fsp3) is 0.418. The molecule has 2 atom stereocenters. The lowest BCUT2D eigenvalue weighted by Crippen LogP contribution is -2.37. The number of fused-ring (bicyclic) bond motifs is 8. The molecule has 12 heteroatoms. The number of carbonyl (C=O) groups is 2. The number of aryl methyl sites for hydroxylation is 3. The van der Waals surface area contributed by atoms with Crippen LogP contribution in [0.4, 0.5) is 17.1 Å². The number of hydrogen-bond acceptors (Lipinski definition) is 10. The monoisotopic (exact) mass is 925 g/mol. The molecule has 4 aliphatic rings. The smallest absolute Gasteiger partial charge is 0.258 e.